The van der Waals surface area contributed by atoms with Crippen molar-refractivity contribution < 1.29 is 32.6 Å². The number of aromatic amines is 1. The van der Waals surface area contributed by atoms with Crippen LogP contribution in [0.5, 0.6) is 5.75 Å². The summed E-state index contributed by atoms with van der Waals surface area (Å²) in [7, 11) is 5.74. The number of amides is 1. The van der Waals surface area contributed by atoms with Gasteiger partial charge < -0.3 is 29.9 Å². The molecule has 12 heteroatoms. The summed E-state index contributed by atoms with van der Waals surface area (Å²) in [5.74, 6) is -2.10. The van der Waals surface area contributed by atoms with E-state index in [0.717, 1.165) is 53.0 Å². The molecule has 1 aliphatic heterocycles. The Hall–Kier alpha value is -4.58. The van der Waals surface area contributed by atoms with E-state index in [1.54, 1.807) is 13.3 Å². The number of aliphatic carboxylic acids is 1. The largest absolute Gasteiger partial charge is 0.495 e. The summed E-state index contributed by atoms with van der Waals surface area (Å²) in [4.78, 5) is 33.9. The number of likely N-dealkylation sites (tertiary alicyclic amines) is 1. The summed E-state index contributed by atoms with van der Waals surface area (Å²) >= 11 is 0. The van der Waals surface area contributed by atoms with E-state index in [0.29, 0.717) is 17.4 Å². The van der Waals surface area contributed by atoms with Gasteiger partial charge in [-0.25, -0.2) is 4.79 Å². The van der Waals surface area contributed by atoms with Crippen LogP contribution in [0, 0.1) is 0 Å². The highest BCUT2D eigenvalue weighted by atomic mass is 19.4. The first-order chi connectivity index (χ1) is 19.5. The molecule has 41 heavy (non-hydrogen) atoms. The lowest BCUT2D eigenvalue weighted by molar-refractivity contribution is -0.192. The van der Waals surface area contributed by atoms with Gasteiger partial charge in [-0.2, -0.15) is 13.2 Å². The monoisotopic (exact) mass is 569 g/mol. The first-order valence-corrected chi connectivity index (χ1v) is 12.7. The van der Waals surface area contributed by atoms with E-state index in [9.17, 15) is 18.0 Å². The Bertz CT molecular complexity index is 1500. The molecule has 2 aromatic heterocycles. The highest BCUT2D eigenvalue weighted by Gasteiger charge is 2.38. The minimum atomic E-state index is -5.08. The lowest BCUT2D eigenvalue weighted by Crippen LogP contribution is -2.34. The third kappa shape index (κ3) is 7.14. The fourth-order valence-corrected chi connectivity index (χ4v) is 4.50. The molecule has 0 spiro atoms. The molecule has 0 unspecified atom stereocenters. The standard InChI is InChI=1S/C27H29N5O2.C2HF3O2/c1-31(2)22-10-11-32(17-22)27(33)19-8-9-24(26(14-19)34-3)29-21-12-20(15-28-16-21)25-13-18-6-4-5-7-23(18)30-25;3-2(4,5)1(6)7/h4-9,12-16,22,29-30H,10-11,17H2,1-3H3;(H,6,7)/t22-;/m0./s1. The van der Waals surface area contributed by atoms with Crippen molar-refractivity contribution in [1.29, 1.82) is 0 Å². The number of carbonyl (C=O) groups is 2. The van der Waals surface area contributed by atoms with Gasteiger partial charge in [0.2, 0.25) is 0 Å². The van der Waals surface area contributed by atoms with E-state index in [4.69, 9.17) is 14.6 Å². The van der Waals surface area contributed by atoms with E-state index < -0.39 is 12.1 Å². The van der Waals surface area contributed by atoms with Crippen LogP contribution in [-0.2, 0) is 4.79 Å². The number of pyridine rings is 1. The van der Waals surface area contributed by atoms with Gasteiger partial charge in [-0.3, -0.25) is 9.78 Å². The van der Waals surface area contributed by atoms with Crippen LogP contribution in [-0.4, -0.2) is 83.3 Å². The van der Waals surface area contributed by atoms with Gasteiger partial charge >= 0.3 is 12.1 Å². The number of carboxylic acid groups (broad SMARTS) is 1. The van der Waals surface area contributed by atoms with E-state index in [-0.39, 0.29) is 5.91 Å². The second-order valence-electron chi connectivity index (χ2n) is 9.73. The van der Waals surface area contributed by atoms with Gasteiger partial charge in [0.05, 0.1) is 24.7 Å². The molecule has 1 amide bonds. The Morgan fingerprint density at radius 1 is 1.12 bits per heavy atom. The van der Waals surface area contributed by atoms with Gasteiger partial charge in [0, 0.05) is 53.1 Å². The minimum Gasteiger partial charge on any atom is -0.495 e. The number of carbonyl (C=O) groups excluding carboxylic acids is 1. The number of hydrogen-bond donors (Lipinski definition) is 3. The molecule has 0 bridgehead atoms. The van der Waals surface area contributed by atoms with E-state index in [1.807, 2.05) is 47.5 Å². The molecular weight excluding hydrogens is 539 g/mol. The Balaban J connectivity index is 0.000000493. The second kappa shape index (κ2) is 12.3. The first kappa shape index (κ1) is 29.4. The number of nitrogens with zero attached hydrogens (tertiary/aromatic N) is 3. The predicted molar refractivity (Wildman–Crippen MR) is 149 cm³/mol. The average Bonchev–Trinajstić information content (AvgIpc) is 3.61. The highest BCUT2D eigenvalue weighted by Crippen LogP contribution is 2.31. The molecule has 0 aliphatic carbocycles. The SMILES string of the molecule is COc1cc(C(=O)N2CC[C@H](N(C)C)C2)ccc1Nc1cncc(-c2cc3ccccc3[nH]2)c1.O=C(O)C(F)(F)F. The summed E-state index contributed by atoms with van der Waals surface area (Å²) < 4.78 is 37.4. The van der Waals surface area contributed by atoms with Crippen LogP contribution >= 0.6 is 0 Å². The van der Waals surface area contributed by atoms with Crippen molar-refractivity contribution in [2.24, 2.45) is 0 Å². The highest BCUT2D eigenvalue weighted by molar-refractivity contribution is 5.95. The van der Waals surface area contributed by atoms with Crippen LogP contribution in [0.25, 0.3) is 22.2 Å². The number of fused-ring (bicyclic) bond motifs is 1. The quantitative estimate of drug-likeness (QED) is 0.286. The molecule has 3 heterocycles. The Morgan fingerprint density at radius 2 is 1.85 bits per heavy atom. The van der Waals surface area contributed by atoms with Crippen LogP contribution in [0.3, 0.4) is 0 Å². The summed E-state index contributed by atoms with van der Waals surface area (Å²) in [5.41, 5.74) is 5.33. The first-order valence-electron chi connectivity index (χ1n) is 12.7. The van der Waals surface area contributed by atoms with E-state index in [1.165, 1.54) is 0 Å². The van der Waals surface area contributed by atoms with Gasteiger partial charge in [0.15, 0.2) is 0 Å². The maximum Gasteiger partial charge on any atom is 0.490 e. The molecule has 1 fully saturated rings. The number of anilines is 2. The molecular formula is C29H30F3N5O4. The molecule has 9 nitrogen and oxygen atoms in total. The number of aromatic nitrogens is 2. The number of hydrogen-bond acceptors (Lipinski definition) is 6. The molecule has 5 rings (SSSR count). The van der Waals surface area contributed by atoms with Crippen molar-refractivity contribution in [3.8, 4) is 17.0 Å². The Kier molecular flexibility index (Phi) is 8.82. The van der Waals surface area contributed by atoms with Gasteiger partial charge in [-0.15, -0.1) is 0 Å². The zero-order valence-electron chi connectivity index (χ0n) is 22.7. The molecule has 0 saturated carbocycles. The van der Waals surface area contributed by atoms with Gasteiger partial charge in [-0.1, -0.05) is 18.2 Å². The number of carboxylic acids is 1. The molecule has 2 aromatic carbocycles. The zero-order chi connectivity index (χ0) is 29.7. The summed E-state index contributed by atoms with van der Waals surface area (Å²) in [6.07, 6.45) is -0.475. The van der Waals surface area contributed by atoms with Gasteiger partial charge in [0.1, 0.15) is 5.75 Å². The average molecular weight is 570 g/mol. The summed E-state index contributed by atoms with van der Waals surface area (Å²) in [6.45, 7) is 1.52. The van der Waals surface area contributed by atoms with E-state index in [2.05, 4.69) is 52.5 Å². The van der Waals surface area contributed by atoms with Crippen molar-refractivity contribution in [1.82, 2.24) is 19.8 Å². The molecule has 1 atom stereocenters. The number of benzene rings is 2. The predicted octanol–water partition coefficient (Wildman–Crippen LogP) is 5.39. The van der Waals surface area contributed by atoms with Crippen LogP contribution in [0.4, 0.5) is 24.5 Å². The zero-order valence-corrected chi connectivity index (χ0v) is 22.7. The maximum atomic E-state index is 13.0. The Labute approximate surface area is 234 Å². The number of alkyl halides is 3. The van der Waals surface area contributed by atoms with Crippen LogP contribution in [0.1, 0.15) is 16.8 Å². The number of methoxy groups -OCH3 is 1. The smallest absolute Gasteiger partial charge is 0.490 e. The number of para-hydroxylation sites is 1. The molecule has 1 saturated heterocycles. The Morgan fingerprint density at radius 3 is 2.49 bits per heavy atom. The molecule has 4 aromatic rings. The lowest BCUT2D eigenvalue weighted by atomic mass is 10.1. The number of halogens is 3. The van der Waals surface area contributed by atoms with Crippen molar-refractivity contribution in [3.63, 3.8) is 0 Å². The summed E-state index contributed by atoms with van der Waals surface area (Å²) in [5, 5.41) is 11.7. The van der Waals surface area contributed by atoms with Crippen molar-refractivity contribution >= 4 is 34.2 Å². The van der Waals surface area contributed by atoms with Crippen molar-refractivity contribution in [2.75, 3.05) is 39.6 Å². The van der Waals surface area contributed by atoms with Gasteiger partial charge in [-0.05, 0) is 56.9 Å². The number of nitrogens with one attached hydrogen (secondary N) is 2. The normalized spacial score (nSPS) is 15.0. The third-order valence-corrected chi connectivity index (χ3v) is 6.73. The number of H-pyrrole nitrogens is 1. The van der Waals surface area contributed by atoms with Gasteiger partial charge in [0.25, 0.3) is 5.91 Å². The maximum absolute atomic E-state index is 13.0. The van der Waals surface area contributed by atoms with Crippen LogP contribution in [0.15, 0.2) is 67.0 Å². The molecule has 216 valence electrons. The fraction of sp³-hybridized carbons (Fsp3) is 0.276. The van der Waals surface area contributed by atoms with Crippen LogP contribution in [0.2, 0.25) is 0 Å². The van der Waals surface area contributed by atoms with Crippen LogP contribution < -0.4 is 10.1 Å². The minimum absolute atomic E-state index is 0.0386. The number of ether oxygens (including phenoxy) is 1. The topological polar surface area (TPSA) is 111 Å². The van der Waals surface area contributed by atoms with Crippen molar-refractivity contribution in [3.05, 3.63) is 72.6 Å². The molecule has 0 radical (unpaired) electrons. The number of rotatable bonds is 6. The molecule has 3 N–H and O–H groups in total. The van der Waals surface area contributed by atoms with Crippen molar-refractivity contribution in [2.45, 2.75) is 18.6 Å². The fourth-order valence-electron chi connectivity index (χ4n) is 4.50. The number of likely N-dealkylation sites (N-methyl/N-ethyl adjacent to an activating group) is 1. The van der Waals surface area contributed by atoms with E-state index >= 15 is 0 Å². The molecule has 1 aliphatic rings. The summed E-state index contributed by atoms with van der Waals surface area (Å²) in [6, 6.07) is 18.3. The second-order valence-corrected chi connectivity index (χ2v) is 9.73. The lowest BCUT2D eigenvalue weighted by Gasteiger charge is -2.21. The third-order valence-electron chi connectivity index (χ3n) is 6.73.